The van der Waals surface area contributed by atoms with Crippen molar-refractivity contribution in [2.24, 2.45) is 0 Å². The molecular weight excluding hydrogens is 553 g/mol. The van der Waals surface area contributed by atoms with Crippen LogP contribution < -0.4 is 16.0 Å². The van der Waals surface area contributed by atoms with E-state index in [0.29, 0.717) is 33.3 Å². The Balaban J connectivity index is 1.44. The minimum atomic E-state index is -0.620. The molecule has 3 N–H and O–H groups in total. The number of aryl methyl sites for hydroxylation is 1. The van der Waals surface area contributed by atoms with Crippen molar-refractivity contribution in [2.45, 2.75) is 26.2 Å². The summed E-state index contributed by atoms with van der Waals surface area (Å²) in [5, 5.41) is 20.1. The molecule has 206 valence electrons. The second-order valence-electron chi connectivity index (χ2n) is 9.34. The number of benzene rings is 2. The van der Waals surface area contributed by atoms with Gasteiger partial charge >= 0.3 is 0 Å². The van der Waals surface area contributed by atoms with Gasteiger partial charge in [0.15, 0.2) is 0 Å². The second kappa shape index (κ2) is 12.8. The number of furan rings is 1. The highest BCUT2D eigenvalue weighted by molar-refractivity contribution is 8.03. The monoisotopic (exact) mass is 580 g/mol. The topological polar surface area (TPSA) is 107 Å². The van der Waals surface area contributed by atoms with E-state index in [1.807, 2.05) is 85.8 Å². The smallest absolute Gasteiger partial charge is 0.254 e. The minimum Gasteiger partial charge on any atom is -0.464 e. The van der Waals surface area contributed by atoms with Crippen molar-refractivity contribution in [3.63, 3.8) is 0 Å². The third-order valence-electron chi connectivity index (χ3n) is 6.57. The zero-order valence-corrected chi connectivity index (χ0v) is 24.2. The Bertz CT molecular complexity index is 1660. The number of nitriles is 1. The number of carbonyl (C=O) groups is 2. The van der Waals surface area contributed by atoms with Gasteiger partial charge in [-0.25, -0.2) is 0 Å². The quantitative estimate of drug-likeness (QED) is 0.192. The van der Waals surface area contributed by atoms with E-state index in [1.54, 1.807) is 6.26 Å². The molecule has 1 unspecified atom stereocenters. The molecule has 2 aromatic carbocycles. The lowest BCUT2D eigenvalue weighted by molar-refractivity contribution is -0.114. The summed E-state index contributed by atoms with van der Waals surface area (Å²) in [5.41, 5.74) is 3.97. The number of rotatable bonds is 9. The average molecular weight is 581 g/mol. The number of allylic oxidation sites excluding steroid dienone is 2. The van der Waals surface area contributed by atoms with Gasteiger partial charge in [-0.15, -0.1) is 11.3 Å². The summed E-state index contributed by atoms with van der Waals surface area (Å²) < 4.78 is 5.58. The van der Waals surface area contributed by atoms with Gasteiger partial charge < -0.3 is 20.4 Å². The van der Waals surface area contributed by atoms with E-state index >= 15 is 0 Å². The third kappa shape index (κ3) is 6.46. The number of para-hydroxylation sites is 1. The molecule has 0 spiro atoms. The number of hydrogen-bond acceptors (Lipinski definition) is 7. The van der Waals surface area contributed by atoms with Crippen LogP contribution in [0.5, 0.6) is 0 Å². The normalized spacial score (nSPS) is 14.8. The van der Waals surface area contributed by atoms with Gasteiger partial charge in [-0.05, 0) is 67.4 Å². The Kier molecular flexibility index (Phi) is 8.73. The molecule has 0 fully saturated rings. The summed E-state index contributed by atoms with van der Waals surface area (Å²) in [7, 11) is 0. The number of amides is 2. The highest BCUT2D eigenvalue weighted by Gasteiger charge is 2.36. The molecule has 1 aliphatic rings. The molecule has 1 aliphatic heterocycles. The van der Waals surface area contributed by atoms with Crippen LogP contribution >= 0.6 is 23.1 Å². The number of nitrogens with one attached hydrogen (secondary N) is 3. The zero-order chi connectivity index (χ0) is 28.8. The van der Waals surface area contributed by atoms with Crippen molar-refractivity contribution in [3.8, 4) is 16.7 Å². The van der Waals surface area contributed by atoms with Crippen LogP contribution in [0.1, 0.15) is 30.2 Å². The Hall–Kier alpha value is -4.52. The van der Waals surface area contributed by atoms with E-state index in [-0.39, 0.29) is 17.6 Å². The van der Waals surface area contributed by atoms with Gasteiger partial charge in [-0.2, -0.15) is 5.26 Å². The molecule has 2 amide bonds. The van der Waals surface area contributed by atoms with E-state index in [4.69, 9.17) is 4.42 Å². The molecule has 9 heteroatoms. The molecule has 0 saturated carbocycles. The fraction of sp³-hybridized carbons (Fsp3) is 0.156. The van der Waals surface area contributed by atoms with Gasteiger partial charge in [-0.1, -0.05) is 49.0 Å². The summed E-state index contributed by atoms with van der Waals surface area (Å²) in [6.45, 7) is 3.88. The molecule has 0 aliphatic carbocycles. The molecule has 1 atom stereocenters. The molecular formula is C32H28N4O3S2. The van der Waals surface area contributed by atoms with Gasteiger partial charge in [0.1, 0.15) is 5.76 Å². The standard InChI is InChI=1S/C32H28N4O3S2/c1-3-21-9-7-12-23(17-21)35-28(37)19-40-32-24(18-33)30(27-15-14-26(41-27)25-13-8-16-39-25)29(20(2)34-32)31(38)36-22-10-5-4-6-11-22/h4-17,30,34H,3,19H2,1-2H3,(H,35,37)(H,36,38). The maximum atomic E-state index is 13.7. The first-order valence-electron chi connectivity index (χ1n) is 13.1. The van der Waals surface area contributed by atoms with Crippen molar-refractivity contribution in [1.82, 2.24) is 5.32 Å². The molecule has 2 aromatic heterocycles. The van der Waals surface area contributed by atoms with Gasteiger partial charge in [0.25, 0.3) is 5.91 Å². The molecule has 0 saturated heterocycles. The Labute approximate surface area is 247 Å². The predicted octanol–water partition coefficient (Wildman–Crippen LogP) is 7.28. The average Bonchev–Trinajstić information content (AvgIpc) is 3.69. The number of dihydropyridines is 1. The fourth-order valence-electron chi connectivity index (χ4n) is 4.59. The SMILES string of the molecule is CCc1cccc(NC(=O)CSC2=C(C#N)C(c3ccc(-c4ccco4)s3)C(C(=O)Nc3ccccc3)=C(C)N2)c1. The van der Waals surface area contributed by atoms with E-state index in [1.165, 1.54) is 23.1 Å². The Morgan fingerprint density at radius 1 is 1.02 bits per heavy atom. The Morgan fingerprint density at radius 2 is 1.83 bits per heavy atom. The lowest BCUT2D eigenvalue weighted by Gasteiger charge is -2.29. The number of anilines is 2. The van der Waals surface area contributed by atoms with E-state index in [9.17, 15) is 14.9 Å². The van der Waals surface area contributed by atoms with Crippen molar-refractivity contribution in [3.05, 3.63) is 117 Å². The van der Waals surface area contributed by atoms with Gasteiger partial charge in [-0.3, -0.25) is 9.59 Å². The van der Waals surface area contributed by atoms with Crippen LogP contribution in [0, 0.1) is 11.3 Å². The maximum absolute atomic E-state index is 13.7. The van der Waals surface area contributed by atoms with Crippen LogP contribution in [-0.4, -0.2) is 17.6 Å². The van der Waals surface area contributed by atoms with Crippen molar-refractivity contribution < 1.29 is 14.0 Å². The summed E-state index contributed by atoms with van der Waals surface area (Å²) in [5.74, 6) is -0.295. The number of thioether (sulfide) groups is 1. The molecule has 0 radical (unpaired) electrons. The Morgan fingerprint density at radius 3 is 2.56 bits per heavy atom. The lowest BCUT2D eigenvalue weighted by Crippen LogP contribution is -2.30. The number of hydrogen-bond donors (Lipinski definition) is 3. The largest absolute Gasteiger partial charge is 0.464 e. The minimum absolute atomic E-state index is 0.0947. The first-order valence-corrected chi connectivity index (χ1v) is 14.9. The maximum Gasteiger partial charge on any atom is 0.254 e. The van der Waals surface area contributed by atoms with Crippen LogP contribution in [0.25, 0.3) is 10.6 Å². The van der Waals surface area contributed by atoms with Crippen molar-refractivity contribution >= 4 is 46.3 Å². The molecule has 4 aromatic rings. The molecule has 5 rings (SSSR count). The van der Waals surface area contributed by atoms with Crippen LogP contribution in [0.3, 0.4) is 0 Å². The van der Waals surface area contributed by atoms with E-state index in [0.717, 1.165) is 27.4 Å². The molecule has 0 bridgehead atoms. The zero-order valence-electron chi connectivity index (χ0n) is 22.6. The van der Waals surface area contributed by atoms with Gasteiger partial charge in [0, 0.05) is 27.5 Å². The van der Waals surface area contributed by atoms with E-state index in [2.05, 4.69) is 28.9 Å². The van der Waals surface area contributed by atoms with Crippen molar-refractivity contribution in [2.75, 3.05) is 16.4 Å². The predicted molar refractivity (Wildman–Crippen MR) is 165 cm³/mol. The molecule has 41 heavy (non-hydrogen) atoms. The number of carbonyl (C=O) groups excluding carboxylic acids is 2. The van der Waals surface area contributed by atoms with E-state index < -0.39 is 5.92 Å². The van der Waals surface area contributed by atoms with Crippen LogP contribution in [0.2, 0.25) is 0 Å². The first-order chi connectivity index (χ1) is 20.0. The fourth-order valence-corrected chi connectivity index (χ4v) is 6.58. The highest BCUT2D eigenvalue weighted by atomic mass is 32.2. The van der Waals surface area contributed by atoms with Crippen LogP contribution in [-0.2, 0) is 16.0 Å². The third-order valence-corrected chi connectivity index (χ3v) is 8.75. The first kappa shape index (κ1) is 28.0. The van der Waals surface area contributed by atoms with Crippen LogP contribution in [0.4, 0.5) is 11.4 Å². The summed E-state index contributed by atoms with van der Waals surface area (Å²) in [6, 6.07) is 26.8. The second-order valence-corrected chi connectivity index (χ2v) is 11.4. The number of thiophene rings is 1. The number of nitrogens with zero attached hydrogens (tertiary/aromatic N) is 1. The lowest BCUT2D eigenvalue weighted by atomic mass is 9.86. The summed E-state index contributed by atoms with van der Waals surface area (Å²) in [6.07, 6.45) is 2.49. The summed E-state index contributed by atoms with van der Waals surface area (Å²) >= 11 is 2.71. The molecule has 3 heterocycles. The van der Waals surface area contributed by atoms with Crippen LogP contribution in [0.15, 0.2) is 111 Å². The van der Waals surface area contributed by atoms with Gasteiger partial charge in [0.05, 0.1) is 39.5 Å². The summed E-state index contributed by atoms with van der Waals surface area (Å²) in [4.78, 5) is 28.2. The highest BCUT2D eigenvalue weighted by Crippen LogP contribution is 2.44. The van der Waals surface area contributed by atoms with Crippen molar-refractivity contribution in [1.29, 1.82) is 5.26 Å². The molecule has 7 nitrogen and oxygen atoms in total. The van der Waals surface area contributed by atoms with Gasteiger partial charge in [0.2, 0.25) is 5.91 Å².